The number of ether oxygens (including phenoxy) is 2. The number of carbonyl (C=O) groups is 1. The molecular weight excluding hydrogens is 408 g/mol. The molecule has 1 aromatic heterocycles. The van der Waals surface area contributed by atoms with Crippen LogP contribution in [0, 0.1) is 0 Å². The summed E-state index contributed by atoms with van der Waals surface area (Å²) >= 11 is 1.64. The Hall–Kier alpha value is -1.60. The maximum atomic E-state index is 13.1. The van der Waals surface area contributed by atoms with Crippen LogP contribution in [0.15, 0.2) is 30.3 Å². The molecule has 1 saturated heterocycles. The molecule has 3 aliphatic heterocycles. The number of hydrogen-bond donors (Lipinski definition) is 1. The minimum atomic E-state index is -0.184. The minimum Gasteiger partial charge on any atom is -0.488 e. The van der Waals surface area contributed by atoms with Gasteiger partial charge in [-0.2, -0.15) is 0 Å². The van der Waals surface area contributed by atoms with E-state index in [2.05, 4.69) is 17.4 Å². The molecule has 1 aromatic carbocycles. The molecule has 29 heavy (non-hydrogen) atoms. The molecule has 5 rings (SSSR count). The van der Waals surface area contributed by atoms with Gasteiger partial charge in [0.1, 0.15) is 17.5 Å². The van der Waals surface area contributed by atoms with E-state index in [1.54, 1.807) is 11.3 Å². The molecule has 0 saturated carbocycles. The fourth-order valence-electron chi connectivity index (χ4n) is 4.66. The molecule has 1 amide bonds. The van der Waals surface area contributed by atoms with E-state index in [-0.39, 0.29) is 30.0 Å². The standard InChI is InChI=1S/C22H26N2O3S.ClH/c1-24(14-17-12-15-4-2-3-5-18(15)27-17)21(25)19-13-16-6-11-26-22(20(16)28-19)7-9-23-10-8-22;/h2-5,13,17,23H,6-12,14H2,1H3;1H. The van der Waals surface area contributed by atoms with E-state index in [1.165, 1.54) is 16.0 Å². The number of nitrogens with one attached hydrogen (secondary N) is 1. The molecule has 1 unspecified atom stereocenters. The van der Waals surface area contributed by atoms with Crippen molar-refractivity contribution in [2.24, 2.45) is 0 Å². The van der Waals surface area contributed by atoms with Gasteiger partial charge in [-0.1, -0.05) is 18.2 Å². The molecule has 1 atom stereocenters. The van der Waals surface area contributed by atoms with Crippen molar-refractivity contribution in [2.45, 2.75) is 37.4 Å². The van der Waals surface area contributed by atoms with Crippen molar-refractivity contribution in [1.82, 2.24) is 10.2 Å². The lowest BCUT2D eigenvalue weighted by atomic mass is 9.86. The second-order valence-electron chi connectivity index (χ2n) is 8.05. The number of amides is 1. The molecule has 2 aromatic rings. The monoisotopic (exact) mass is 434 g/mol. The van der Waals surface area contributed by atoms with Crippen LogP contribution in [0.1, 0.15) is 38.5 Å². The summed E-state index contributed by atoms with van der Waals surface area (Å²) in [6.45, 7) is 3.29. The smallest absolute Gasteiger partial charge is 0.263 e. The molecule has 0 aliphatic carbocycles. The number of piperidine rings is 1. The Labute approximate surface area is 181 Å². The van der Waals surface area contributed by atoms with Gasteiger partial charge in [-0.25, -0.2) is 0 Å². The van der Waals surface area contributed by atoms with E-state index in [4.69, 9.17) is 9.47 Å². The summed E-state index contributed by atoms with van der Waals surface area (Å²) in [7, 11) is 1.88. The van der Waals surface area contributed by atoms with Crippen molar-refractivity contribution in [3.05, 3.63) is 51.2 Å². The first kappa shape index (κ1) is 20.7. The second-order valence-corrected chi connectivity index (χ2v) is 9.10. The van der Waals surface area contributed by atoms with E-state index >= 15 is 0 Å². The molecule has 7 heteroatoms. The van der Waals surface area contributed by atoms with Crippen LogP contribution < -0.4 is 10.1 Å². The number of likely N-dealkylation sites (N-methyl/N-ethyl adjacent to an activating group) is 1. The van der Waals surface area contributed by atoms with Crippen LogP contribution in [0.3, 0.4) is 0 Å². The number of halogens is 1. The maximum Gasteiger partial charge on any atom is 0.263 e. The van der Waals surface area contributed by atoms with Gasteiger partial charge in [0.25, 0.3) is 5.91 Å². The van der Waals surface area contributed by atoms with Gasteiger partial charge in [0, 0.05) is 18.3 Å². The van der Waals surface area contributed by atoms with Crippen LogP contribution in [-0.2, 0) is 23.2 Å². The predicted octanol–water partition coefficient (Wildman–Crippen LogP) is 3.40. The predicted molar refractivity (Wildman–Crippen MR) is 117 cm³/mol. The fourth-order valence-corrected chi connectivity index (χ4v) is 6.07. The highest BCUT2D eigenvalue weighted by Gasteiger charge is 2.41. The van der Waals surface area contributed by atoms with Crippen molar-refractivity contribution >= 4 is 29.7 Å². The van der Waals surface area contributed by atoms with E-state index in [1.807, 2.05) is 30.1 Å². The van der Waals surface area contributed by atoms with Gasteiger partial charge in [0.05, 0.1) is 18.0 Å². The average Bonchev–Trinajstić information content (AvgIpc) is 3.32. The molecule has 4 heterocycles. The third kappa shape index (κ3) is 3.79. The molecule has 0 bridgehead atoms. The van der Waals surface area contributed by atoms with Gasteiger partial charge < -0.3 is 19.7 Å². The van der Waals surface area contributed by atoms with Crippen LogP contribution in [0.25, 0.3) is 0 Å². The zero-order valence-electron chi connectivity index (χ0n) is 16.6. The van der Waals surface area contributed by atoms with Crippen LogP contribution in [-0.4, -0.2) is 50.2 Å². The van der Waals surface area contributed by atoms with Gasteiger partial charge in [-0.15, -0.1) is 23.7 Å². The lowest BCUT2D eigenvalue weighted by molar-refractivity contribution is -0.0771. The highest BCUT2D eigenvalue weighted by Crippen LogP contribution is 2.44. The highest BCUT2D eigenvalue weighted by atomic mass is 35.5. The topological polar surface area (TPSA) is 50.8 Å². The molecule has 5 nitrogen and oxygen atoms in total. The normalized spacial score (nSPS) is 21.6. The minimum absolute atomic E-state index is 0. The third-order valence-corrected chi connectivity index (χ3v) is 7.48. The Balaban J connectivity index is 0.00000205. The fraction of sp³-hybridized carbons (Fsp3) is 0.500. The van der Waals surface area contributed by atoms with Crippen molar-refractivity contribution in [2.75, 3.05) is 33.3 Å². The number of para-hydroxylation sites is 1. The number of thiophene rings is 1. The Kier molecular flexibility index (Phi) is 5.89. The van der Waals surface area contributed by atoms with Crippen LogP contribution in [0.4, 0.5) is 0 Å². The second kappa shape index (κ2) is 8.26. The van der Waals surface area contributed by atoms with E-state index in [0.717, 1.165) is 56.0 Å². The first-order valence-corrected chi connectivity index (χ1v) is 10.9. The summed E-state index contributed by atoms with van der Waals surface area (Å²) < 4.78 is 12.3. The Morgan fingerprint density at radius 2 is 2.07 bits per heavy atom. The Morgan fingerprint density at radius 3 is 2.86 bits per heavy atom. The molecule has 1 N–H and O–H groups in total. The lowest BCUT2D eigenvalue weighted by Gasteiger charge is -2.40. The molecule has 156 valence electrons. The van der Waals surface area contributed by atoms with Crippen LogP contribution in [0.5, 0.6) is 5.75 Å². The number of nitrogens with zero attached hydrogens (tertiary/aromatic N) is 1. The summed E-state index contributed by atoms with van der Waals surface area (Å²) in [6.07, 6.45) is 3.76. The SMILES string of the molecule is CN(CC1Cc2ccccc2O1)C(=O)c1cc2c(s1)C1(CCNCC1)OCC2.Cl. The van der Waals surface area contributed by atoms with Gasteiger partial charge in [-0.05, 0) is 55.6 Å². The average molecular weight is 435 g/mol. The zero-order valence-corrected chi connectivity index (χ0v) is 18.2. The van der Waals surface area contributed by atoms with Gasteiger partial charge in [0.2, 0.25) is 0 Å². The van der Waals surface area contributed by atoms with E-state index in [0.29, 0.717) is 6.54 Å². The van der Waals surface area contributed by atoms with Crippen molar-refractivity contribution in [3.8, 4) is 5.75 Å². The number of rotatable bonds is 3. The summed E-state index contributed by atoms with van der Waals surface area (Å²) in [6, 6.07) is 10.2. The number of hydrogen-bond acceptors (Lipinski definition) is 5. The van der Waals surface area contributed by atoms with Crippen LogP contribution in [0.2, 0.25) is 0 Å². The number of fused-ring (bicyclic) bond motifs is 3. The quantitative estimate of drug-likeness (QED) is 0.804. The first-order chi connectivity index (χ1) is 13.6. The van der Waals surface area contributed by atoms with Crippen molar-refractivity contribution in [1.29, 1.82) is 0 Å². The summed E-state index contributed by atoms with van der Waals surface area (Å²) in [4.78, 5) is 17.0. The number of benzene rings is 1. The van der Waals surface area contributed by atoms with Crippen LogP contribution >= 0.6 is 23.7 Å². The first-order valence-electron chi connectivity index (χ1n) is 10.1. The van der Waals surface area contributed by atoms with Crippen molar-refractivity contribution < 1.29 is 14.3 Å². The number of carbonyl (C=O) groups excluding carboxylic acids is 1. The summed E-state index contributed by atoms with van der Waals surface area (Å²) in [5.41, 5.74) is 2.35. The Morgan fingerprint density at radius 1 is 1.28 bits per heavy atom. The van der Waals surface area contributed by atoms with Gasteiger partial charge in [-0.3, -0.25) is 4.79 Å². The lowest BCUT2D eigenvalue weighted by Crippen LogP contribution is -2.44. The Bertz CT molecular complexity index is 869. The van der Waals surface area contributed by atoms with E-state index < -0.39 is 0 Å². The molecular formula is C22H27ClN2O3S. The third-order valence-electron chi connectivity index (χ3n) is 6.13. The van der Waals surface area contributed by atoms with E-state index in [9.17, 15) is 4.79 Å². The van der Waals surface area contributed by atoms with Gasteiger partial charge >= 0.3 is 0 Å². The summed E-state index contributed by atoms with van der Waals surface area (Å²) in [5, 5.41) is 3.42. The highest BCUT2D eigenvalue weighted by molar-refractivity contribution is 7.14. The zero-order chi connectivity index (χ0) is 19.1. The molecule has 3 aliphatic rings. The molecule has 1 fully saturated rings. The largest absolute Gasteiger partial charge is 0.488 e. The van der Waals surface area contributed by atoms with Crippen molar-refractivity contribution in [3.63, 3.8) is 0 Å². The van der Waals surface area contributed by atoms with Gasteiger partial charge in [0.15, 0.2) is 0 Å². The molecule has 1 spiro atoms. The maximum absolute atomic E-state index is 13.1. The summed E-state index contributed by atoms with van der Waals surface area (Å²) in [5.74, 6) is 1.04. The molecule has 0 radical (unpaired) electrons.